The van der Waals surface area contributed by atoms with Gasteiger partial charge in [-0.1, -0.05) is 0 Å². The Balaban J connectivity index is 2.63. The number of hydrogen-bond donors (Lipinski definition) is 3. The highest BCUT2D eigenvalue weighted by molar-refractivity contribution is 5.91. The molecule has 0 saturated heterocycles. The summed E-state index contributed by atoms with van der Waals surface area (Å²) in [5.41, 5.74) is -0.741. The maximum Gasteiger partial charge on any atom is 0.305 e. The van der Waals surface area contributed by atoms with E-state index in [1.54, 1.807) is 0 Å². The number of nitrogens with one attached hydrogen (secondary N) is 1. The Labute approximate surface area is 89.3 Å². The number of aliphatic carboxylic acids is 1. The van der Waals surface area contributed by atoms with Gasteiger partial charge in [0.15, 0.2) is 11.5 Å². The molecule has 86 valence electrons. The quantitative estimate of drug-likeness (QED) is 0.641. The minimum absolute atomic E-state index is 0.0707. The van der Waals surface area contributed by atoms with Crippen LogP contribution in [-0.2, 0) is 4.79 Å². The SMILES string of the molecule is O=C(O)CCNC(=O)c1cc(=O)c(O)co1. The Bertz CT molecular complexity index is 463. The van der Waals surface area contributed by atoms with Crippen molar-refractivity contribution in [2.75, 3.05) is 6.54 Å². The number of carbonyl (C=O) groups excluding carboxylic acids is 1. The average molecular weight is 227 g/mol. The normalized spacial score (nSPS) is 9.75. The molecule has 1 aromatic rings. The molecular formula is C9H9NO6. The maximum atomic E-state index is 11.3. The third-order valence-electron chi connectivity index (χ3n) is 1.66. The first kappa shape index (κ1) is 11.8. The standard InChI is InChI=1S/C9H9NO6/c11-5-3-7(16-4-6(5)12)9(15)10-2-1-8(13)14/h3-4,12H,1-2H2,(H,10,15)(H,13,14). The lowest BCUT2D eigenvalue weighted by Crippen LogP contribution is -2.26. The number of hydrogen-bond acceptors (Lipinski definition) is 5. The maximum absolute atomic E-state index is 11.3. The minimum Gasteiger partial charge on any atom is -0.502 e. The molecule has 0 saturated carbocycles. The van der Waals surface area contributed by atoms with Crippen molar-refractivity contribution < 1.29 is 24.2 Å². The lowest BCUT2D eigenvalue weighted by Gasteiger charge is -2.01. The van der Waals surface area contributed by atoms with Gasteiger partial charge in [-0.25, -0.2) is 0 Å². The summed E-state index contributed by atoms with van der Waals surface area (Å²) in [6.45, 7) is -0.0707. The van der Waals surface area contributed by atoms with Crippen molar-refractivity contribution >= 4 is 11.9 Å². The molecule has 0 fully saturated rings. The summed E-state index contributed by atoms with van der Waals surface area (Å²) in [6, 6.07) is 0.825. The summed E-state index contributed by atoms with van der Waals surface area (Å²) in [5.74, 6) is -2.64. The molecule has 1 rings (SSSR count). The number of carbonyl (C=O) groups is 2. The number of amides is 1. The van der Waals surface area contributed by atoms with E-state index >= 15 is 0 Å². The molecule has 0 atom stereocenters. The van der Waals surface area contributed by atoms with Crippen molar-refractivity contribution in [1.82, 2.24) is 5.32 Å². The molecule has 3 N–H and O–H groups in total. The molecule has 16 heavy (non-hydrogen) atoms. The smallest absolute Gasteiger partial charge is 0.305 e. The molecule has 1 amide bonds. The van der Waals surface area contributed by atoms with E-state index < -0.39 is 23.1 Å². The van der Waals surface area contributed by atoms with Gasteiger partial charge in [-0.2, -0.15) is 0 Å². The highest BCUT2D eigenvalue weighted by Gasteiger charge is 2.10. The molecule has 7 nitrogen and oxygen atoms in total. The van der Waals surface area contributed by atoms with E-state index in [1.807, 2.05) is 0 Å². The zero-order valence-electron chi connectivity index (χ0n) is 8.10. The monoisotopic (exact) mass is 227 g/mol. The van der Waals surface area contributed by atoms with Crippen molar-refractivity contribution in [2.45, 2.75) is 6.42 Å². The Hall–Kier alpha value is -2.31. The first-order chi connectivity index (χ1) is 7.50. The van der Waals surface area contributed by atoms with Crippen LogP contribution in [0.1, 0.15) is 17.0 Å². The van der Waals surface area contributed by atoms with Gasteiger partial charge in [-0.3, -0.25) is 14.4 Å². The first-order valence-corrected chi connectivity index (χ1v) is 4.32. The Morgan fingerprint density at radius 1 is 1.44 bits per heavy atom. The van der Waals surface area contributed by atoms with E-state index in [0.29, 0.717) is 0 Å². The second-order valence-corrected chi connectivity index (χ2v) is 2.89. The van der Waals surface area contributed by atoms with Gasteiger partial charge in [0.25, 0.3) is 5.91 Å². The van der Waals surface area contributed by atoms with Crippen LogP contribution in [0.25, 0.3) is 0 Å². The lowest BCUT2D eigenvalue weighted by molar-refractivity contribution is -0.136. The van der Waals surface area contributed by atoms with E-state index in [9.17, 15) is 14.4 Å². The molecular weight excluding hydrogens is 218 g/mol. The van der Waals surface area contributed by atoms with Gasteiger partial charge >= 0.3 is 5.97 Å². The summed E-state index contributed by atoms with van der Waals surface area (Å²) in [6.07, 6.45) is 0.516. The highest BCUT2D eigenvalue weighted by Crippen LogP contribution is 2.02. The summed E-state index contributed by atoms with van der Waals surface area (Å²) >= 11 is 0. The van der Waals surface area contributed by atoms with E-state index in [1.165, 1.54) is 0 Å². The van der Waals surface area contributed by atoms with E-state index in [2.05, 4.69) is 9.73 Å². The Morgan fingerprint density at radius 2 is 2.12 bits per heavy atom. The summed E-state index contributed by atoms with van der Waals surface area (Å²) in [5, 5.41) is 19.4. The molecule has 1 aromatic heterocycles. The van der Waals surface area contributed by atoms with Crippen LogP contribution < -0.4 is 10.7 Å². The first-order valence-electron chi connectivity index (χ1n) is 4.32. The summed E-state index contributed by atoms with van der Waals surface area (Å²) in [4.78, 5) is 32.4. The molecule has 0 unspecified atom stereocenters. The van der Waals surface area contributed by atoms with Gasteiger partial charge in [0.1, 0.15) is 6.26 Å². The van der Waals surface area contributed by atoms with Crippen LogP contribution in [0, 0.1) is 0 Å². The van der Waals surface area contributed by atoms with E-state index in [0.717, 1.165) is 12.3 Å². The lowest BCUT2D eigenvalue weighted by atomic mass is 10.3. The summed E-state index contributed by atoms with van der Waals surface area (Å²) in [7, 11) is 0. The zero-order valence-corrected chi connectivity index (χ0v) is 8.10. The van der Waals surface area contributed by atoms with Crippen LogP contribution in [0.3, 0.4) is 0 Å². The van der Waals surface area contributed by atoms with Crippen molar-refractivity contribution in [3.8, 4) is 5.75 Å². The van der Waals surface area contributed by atoms with Crippen molar-refractivity contribution in [3.05, 3.63) is 28.3 Å². The largest absolute Gasteiger partial charge is 0.502 e. The van der Waals surface area contributed by atoms with Crippen LogP contribution >= 0.6 is 0 Å². The molecule has 7 heteroatoms. The third kappa shape index (κ3) is 3.12. The van der Waals surface area contributed by atoms with Crippen LogP contribution in [0.4, 0.5) is 0 Å². The second-order valence-electron chi connectivity index (χ2n) is 2.89. The predicted octanol–water partition coefficient (Wildman–Crippen LogP) is -0.450. The Morgan fingerprint density at radius 3 is 2.69 bits per heavy atom. The fraction of sp³-hybridized carbons (Fsp3) is 0.222. The molecule has 0 spiro atoms. The fourth-order valence-electron chi connectivity index (χ4n) is 0.894. The molecule has 0 aliphatic heterocycles. The topological polar surface area (TPSA) is 117 Å². The molecule has 1 heterocycles. The molecule has 0 aliphatic rings. The number of carboxylic acid groups (broad SMARTS) is 1. The van der Waals surface area contributed by atoms with Crippen LogP contribution in [0.5, 0.6) is 5.75 Å². The van der Waals surface area contributed by atoms with Gasteiger partial charge < -0.3 is 19.9 Å². The second kappa shape index (κ2) is 4.96. The number of aromatic hydroxyl groups is 1. The highest BCUT2D eigenvalue weighted by atomic mass is 16.4. The van der Waals surface area contributed by atoms with Crippen LogP contribution in [0.15, 0.2) is 21.5 Å². The van der Waals surface area contributed by atoms with Crippen molar-refractivity contribution in [2.24, 2.45) is 0 Å². The molecule has 0 aliphatic carbocycles. The molecule has 0 aromatic carbocycles. The van der Waals surface area contributed by atoms with Gasteiger partial charge in [-0.15, -0.1) is 0 Å². The van der Waals surface area contributed by atoms with Crippen LogP contribution in [-0.4, -0.2) is 28.6 Å². The number of rotatable bonds is 4. The van der Waals surface area contributed by atoms with Gasteiger partial charge in [0.05, 0.1) is 6.42 Å². The summed E-state index contributed by atoms with van der Waals surface area (Å²) < 4.78 is 4.65. The zero-order chi connectivity index (χ0) is 12.1. The van der Waals surface area contributed by atoms with Crippen LogP contribution in [0.2, 0.25) is 0 Å². The van der Waals surface area contributed by atoms with E-state index in [4.69, 9.17) is 10.2 Å². The fourth-order valence-corrected chi connectivity index (χ4v) is 0.894. The van der Waals surface area contributed by atoms with Gasteiger partial charge in [-0.05, 0) is 0 Å². The van der Waals surface area contributed by atoms with Gasteiger partial charge in [0.2, 0.25) is 5.43 Å². The molecule has 0 radical (unpaired) electrons. The Kier molecular flexibility index (Phi) is 3.65. The average Bonchev–Trinajstić information content (AvgIpc) is 2.21. The van der Waals surface area contributed by atoms with Crippen molar-refractivity contribution in [1.29, 1.82) is 0 Å². The van der Waals surface area contributed by atoms with Gasteiger partial charge in [0, 0.05) is 12.6 Å². The number of carboxylic acids is 1. The minimum atomic E-state index is -1.05. The predicted molar refractivity (Wildman–Crippen MR) is 51.2 cm³/mol. The van der Waals surface area contributed by atoms with E-state index in [-0.39, 0.29) is 18.7 Å². The molecule has 0 bridgehead atoms. The third-order valence-corrected chi connectivity index (χ3v) is 1.66. The van der Waals surface area contributed by atoms with Crippen molar-refractivity contribution in [3.63, 3.8) is 0 Å².